The predicted molar refractivity (Wildman–Crippen MR) is 89.4 cm³/mol. The maximum atomic E-state index is 6.17. The molecular weight excluding hydrogens is 258 g/mol. The number of fused-ring (bicyclic) bond motifs is 1. The molecule has 2 unspecified atom stereocenters. The van der Waals surface area contributed by atoms with Crippen LogP contribution in [0.5, 0.6) is 0 Å². The Morgan fingerprint density at radius 1 is 1.14 bits per heavy atom. The molecule has 3 heteroatoms. The van der Waals surface area contributed by atoms with Crippen LogP contribution in [0.3, 0.4) is 0 Å². The van der Waals surface area contributed by atoms with Crippen molar-refractivity contribution in [1.82, 2.24) is 9.80 Å². The summed E-state index contributed by atoms with van der Waals surface area (Å²) in [6.07, 6.45) is 0. The minimum atomic E-state index is 0.305. The quantitative estimate of drug-likeness (QED) is 0.939. The number of benzene rings is 2. The Balaban J connectivity index is 1.98. The van der Waals surface area contributed by atoms with Crippen LogP contribution in [0.4, 0.5) is 0 Å². The van der Waals surface area contributed by atoms with E-state index in [-0.39, 0.29) is 0 Å². The van der Waals surface area contributed by atoms with Gasteiger partial charge in [-0.2, -0.15) is 0 Å². The molecule has 2 N–H and O–H groups in total. The van der Waals surface area contributed by atoms with Gasteiger partial charge in [-0.25, -0.2) is 0 Å². The van der Waals surface area contributed by atoms with Gasteiger partial charge in [0.15, 0.2) is 0 Å². The minimum Gasteiger partial charge on any atom is -0.329 e. The number of nitrogens with two attached hydrogens (primary N) is 1. The first kappa shape index (κ1) is 14.5. The van der Waals surface area contributed by atoms with E-state index in [2.05, 4.69) is 66.2 Å². The zero-order chi connectivity index (χ0) is 14.8. The SMILES string of the molecule is CC1CN(C)CCN1C(CN)c1cccc2ccccc12. The Kier molecular flexibility index (Phi) is 4.24. The third-order valence-corrected chi connectivity index (χ3v) is 4.69. The van der Waals surface area contributed by atoms with Gasteiger partial charge in [0.1, 0.15) is 0 Å². The van der Waals surface area contributed by atoms with Gasteiger partial charge in [-0.3, -0.25) is 4.90 Å². The second-order valence-electron chi connectivity index (χ2n) is 6.17. The highest BCUT2D eigenvalue weighted by Gasteiger charge is 2.28. The standard InChI is InChI=1S/C18H25N3/c1-14-13-20(2)10-11-21(14)18(12-19)17-9-5-7-15-6-3-4-8-16(15)17/h3-9,14,18H,10-13,19H2,1-2H3. The predicted octanol–water partition coefficient (Wildman–Crippen LogP) is 2.48. The molecular formula is C18H25N3. The molecule has 2 aromatic rings. The normalized spacial score (nSPS) is 22.5. The number of likely N-dealkylation sites (N-methyl/N-ethyl adjacent to an activating group) is 1. The van der Waals surface area contributed by atoms with Crippen LogP contribution in [-0.4, -0.2) is 49.1 Å². The lowest BCUT2D eigenvalue weighted by Crippen LogP contribution is -2.52. The second kappa shape index (κ2) is 6.14. The molecule has 112 valence electrons. The monoisotopic (exact) mass is 283 g/mol. The number of hydrogen-bond acceptors (Lipinski definition) is 3. The van der Waals surface area contributed by atoms with Crippen LogP contribution in [0.1, 0.15) is 18.5 Å². The van der Waals surface area contributed by atoms with Crippen molar-refractivity contribution in [3.63, 3.8) is 0 Å². The summed E-state index contributed by atoms with van der Waals surface area (Å²) in [7, 11) is 2.20. The molecule has 0 saturated carbocycles. The number of hydrogen-bond donors (Lipinski definition) is 1. The summed E-state index contributed by atoms with van der Waals surface area (Å²) in [5.41, 5.74) is 7.54. The van der Waals surface area contributed by atoms with Crippen LogP contribution in [0.15, 0.2) is 42.5 Å². The Bertz CT molecular complexity index is 605. The minimum absolute atomic E-state index is 0.305. The fourth-order valence-electron chi connectivity index (χ4n) is 3.60. The zero-order valence-corrected chi connectivity index (χ0v) is 13.0. The maximum absolute atomic E-state index is 6.17. The molecule has 21 heavy (non-hydrogen) atoms. The van der Waals surface area contributed by atoms with E-state index in [1.54, 1.807) is 0 Å². The van der Waals surface area contributed by atoms with Gasteiger partial charge >= 0.3 is 0 Å². The molecule has 0 bridgehead atoms. The van der Waals surface area contributed by atoms with Crippen LogP contribution in [0.2, 0.25) is 0 Å². The summed E-state index contributed by atoms with van der Waals surface area (Å²) in [6, 6.07) is 16.0. The maximum Gasteiger partial charge on any atom is 0.0480 e. The fourth-order valence-corrected chi connectivity index (χ4v) is 3.60. The molecule has 1 aliphatic heterocycles. The number of rotatable bonds is 3. The fraction of sp³-hybridized carbons (Fsp3) is 0.444. The molecule has 0 aromatic heterocycles. The van der Waals surface area contributed by atoms with E-state index >= 15 is 0 Å². The summed E-state index contributed by atoms with van der Waals surface area (Å²) in [5, 5.41) is 2.64. The third kappa shape index (κ3) is 2.82. The second-order valence-corrected chi connectivity index (χ2v) is 6.17. The van der Waals surface area contributed by atoms with Gasteiger partial charge < -0.3 is 10.6 Å². The van der Waals surface area contributed by atoms with Crippen LogP contribution < -0.4 is 5.73 Å². The molecule has 0 radical (unpaired) electrons. The van der Waals surface area contributed by atoms with Gasteiger partial charge in [-0.05, 0) is 30.3 Å². The Morgan fingerprint density at radius 2 is 1.90 bits per heavy atom. The van der Waals surface area contributed by atoms with Crippen molar-refractivity contribution in [2.24, 2.45) is 5.73 Å². The van der Waals surface area contributed by atoms with Gasteiger partial charge in [0.2, 0.25) is 0 Å². The smallest absolute Gasteiger partial charge is 0.0480 e. The molecule has 1 saturated heterocycles. The summed E-state index contributed by atoms with van der Waals surface area (Å²) in [4.78, 5) is 4.97. The molecule has 0 amide bonds. The largest absolute Gasteiger partial charge is 0.329 e. The van der Waals surface area contributed by atoms with Crippen LogP contribution in [-0.2, 0) is 0 Å². The zero-order valence-electron chi connectivity index (χ0n) is 13.0. The first-order valence-electron chi connectivity index (χ1n) is 7.82. The Labute approximate surface area is 127 Å². The third-order valence-electron chi connectivity index (χ3n) is 4.69. The van der Waals surface area contributed by atoms with Gasteiger partial charge in [-0.15, -0.1) is 0 Å². The van der Waals surface area contributed by atoms with Gasteiger partial charge in [-0.1, -0.05) is 42.5 Å². The highest BCUT2D eigenvalue weighted by Crippen LogP contribution is 2.30. The highest BCUT2D eigenvalue weighted by atomic mass is 15.3. The van der Waals surface area contributed by atoms with Crippen molar-refractivity contribution in [1.29, 1.82) is 0 Å². The molecule has 0 spiro atoms. The highest BCUT2D eigenvalue weighted by molar-refractivity contribution is 5.86. The summed E-state index contributed by atoms with van der Waals surface area (Å²) in [6.45, 7) is 6.29. The molecule has 1 aliphatic rings. The van der Waals surface area contributed by atoms with Crippen molar-refractivity contribution < 1.29 is 0 Å². The average Bonchev–Trinajstić information content (AvgIpc) is 2.50. The van der Waals surface area contributed by atoms with E-state index in [0.717, 1.165) is 19.6 Å². The van der Waals surface area contributed by atoms with Crippen molar-refractivity contribution in [2.75, 3.05) is 33.2 Å². The van der Waals surface area contributed by atoms with Gasteiger partial charge in [0, 0.05) is 38.3 Å². The lowest BCUT2D eigenvalue weighted by atomic mass is 9.96. The van der Waals surface area contributed by atoms with Crippen LogP contribution >= 0.6 is 0 Å². The van der Waals surface area contributed by atoms with Crippen molar-refractivity contribution in [3.8, 4) is 0 Å². The topological polar surface area (TPSA) is 32.5 Å². The van der Waals surface area contributed by atoms with Crippen molar-refractivity contribution >= 4 is 10.8 Å². The molecule has 1 heterocycles. The van der Waals surface area contributed by atoms with E-state index in [0.29, 0.717) is 18.6 Å². The Morgan fingerprint density at radius 3 is 2.67 bits per heavy atom. The summed E-state index contributed by atoms with van der Waals surface area (Å²) in [5.74, 6) is 0. The van der Waals surface area contributed by atoms with E-state index in [4.69, 9.17) is 5.73 Å². The summed E-state index contributed by atoms with van der Waals surface area (Å²) >= 11 is 0. The lowest BCUT2D eigenvalue weighted by molar-refractivity contribution is 0.0641. The van der Waals surface area contributed by atoms with Gasteiger partial charge in [0.25, 0.3) is 0 Å². The van der Waals surface area contributed by atoms with Crippen LogP contribution in [0, 0.1) is 0 Å². The number of piperazine rings is 1. The first-order valence-corrected chi connectivity index (χ1v) is 7.82. The van der Waals surface area contributed by atoms with E-state index in [1.165, 1.54) is 16.3 Å². The first-order chi connectivity index (χ1) is 10.2. The number of nitrogens with zero attached hydrogens (tertiary/aromatic N) is 2. The van der Waals surface area contributed by atoms with Gasteiger partial charge in [0.05, 0.1) is 0 Å². The van der Waals surface area contributed by atoms with E-state index in [1.807, 2.05) is 0 Å². The molecule has 1 fully saturated rings. The van der Waals surface area contributed by atoms with E-state index in [9.17, 15) is 0 Å². The average molecular weight is 283 g/mol. The molecule has 2 atom stereocenters. The van der Waals surface area contributed by atoms with Crippen LogP contribution in [0.25, 0.3) is 10.8 Å². The molecule has 3 rings (SSSR count). The molecule has 0 aliphatic carbocycles. The molecule has 3 nitrogen and oxygen atoms in total. The van der Waals surface area contributed by atoms with Crippen molar-refractivity contribution in [2.45, 2.75) is 19.0 Å². The lowest BCUT2D eigenvalue weighted by Gasteiger charge is -2.43. The van der Waals surface area contributed by atoms with E-state index < -0.39 is 0 Å². The van der Waals surface area contributed by atoms with Crippen molar-refractivity contribution in [3.05, 3.63) is 48.0 Å². The summed E-state index contributed by atoms with van der Waals surface area (Å²) < 4.78 is 0. The molecule has 2 aromatic carbocycles. The Hall–Kier alpha value is -1.42.